The molecule has 1 aromatic heterocycles. The number of hydrogen-bond donors (Lipinski definition) is 1. The summed E-state index contributed by atoms with van der Waals surface area (Å²) in [5.41, 5.74) is 1.36. The SMILES string of the molecule is COCC(CCBr)NC(=O)Cc1noc2ccccc12. The second kappa shape index (κ2) is 7.40. The first kappa shape index (κ1) is 15.0. The molecule has 0 aliphatic heterocycles. The van der Waals surface area contributed by atoms with Gasteiger partial charge in [0.05, 0.1) is 19.1 Å². The Morgan fingerprint density at radius 3 is 3.05 bits per heavy atom. The topological polar surface area (TPSA) is 64.4 Å². The molecule has 0 aliphatic carbocycles. The van der Waals surface area contributed by atoms with Crippen molar-refractivity contribution in [3.8, 4) is 0 Å². The Kier molecular flexibility index (Phi) is 5.55. The monoisotopic (exact) mass is 340 g/mol. The van der Waals surface area contributed by atoms with Crippen LogP contribution in [-0.4, -0.2) is 36.2 Å². The third kappa shape index (κ3) is 3.80. The molecular weight excluding hydrogens is 324 g/mol. The second-order valence-electron chi connectivity index (χ2n) is 4.50. The van der Waals surface area contributed by atoms with E-state index >= 15 is 0 Å². The Labute approximate surface area is 125 Å². The van der Waals surface area contributed by atoms with Gasteiger partial charge in [-0.15, -0.1) is 0 Å². The summed E-state index contributed by atoms with van der Waals surface area (Å²) in [6.07, 6.45) is 1.03. The molecule has 0 spiro atoms. The van der Waals surface area contributed by atoms with E-state index in [1.165, 1.54) is 0 Å². The number of methoxy groups -OCH3 is 1. The second-order valence-corrected chi connectivity index (χ2v) is 5.29. The van der Waals surface area contributed by atoms with E-state index < -0.39 is 0 Å². The lowest BCUT2D eigenvalue weighted by Gasteiger charge is -2.16. The van der Waals surface area contributed by atoms with Crippen molar-refractivity contribution in [1.82, 2.24) is 10.5 Å². The summed E-state index contributed by atoms with van der Waals surface area (Å²) in [5.74, 6) is -0.0768. The van der Waals surface area contributed by atoms with Gasteiger partial charge in [-0.25, -0.2) is 0 Å². The highest BCUT2D eigenvalue weighted by Crippen LogP contribution is 2.18. The number of nitrogens with one attached hydrogen (secondary N) is 1. The molecule has 1 atom stereocenters. The minimum absolute atomic E-state index is 0.00467. The smallest absolute Gasteiger partial charge is 0.226 e. The molecule has 2 aromatic rings. The number of ether oxygens (including phenoxy) is 1. The number of para-hydroxylation sites is 1. The third-order valence-electron chi connectivity index (χ3n) is 2.97. The van der Waals surface area contributed by atoms with E-state index in [4.69, 9.17) is 9.26 Å². The van der Waals surface area contributed by atoms with Crippen molar-refractivity contribution in [2.24, 2.45) is 0 Å². The molecule has 5 nitrogen and oxygen atoms in total. The molecule has 0 bridgehead atoms. The minimum atomic E-state index is -0.0768. The quantitative estimate of drug-likeness (QED) is 0.785. The number of carbonyl (C=O) groups is 1. The normalized spacial score (nSPS) is 12.5. The standard InChI is InChI=1S/C14H17BrN2O3/c1-19-9-10(6-7-15)16-14(18)8-12-11-4-2-3-5-13(11)20-17-12/h2-5,10H,6-9H2,1H3,(H,16,18). The molecule has 108 valence electrons. The van der Waals surface area contributed by atoms with Gasteiger partial charge in [-0.1, -0.05) is 33.2 Å². The lowest BCUT2D eigenvalue weighted by molar-refractivity contribution is -0.121. The van der Waals surface area contributed by atoms with Crippen molar-refractivity contribution in [1.29, 1.82) is 0 Å². The number of benzene rings is 1. The maximum absolute atomic E-state index is 12.1. The van der Waals surface area contributed by atoms with Gasteiger partial charge in [0.2, 0.25) is 5.91 Å². The molecule has 0 fully saturated rings. The molecule has 1 N–H and O–H groups in total. The van der Waals surface area contributed by atoms with Crippen LogP contribution in [0.3, 0.4) is 0 Å². The zero-order valence-electron chi connectivity index (χ0n) is 11.3. The summed E-state index contributed by atoms with van der Waals surface area (Å²) in [6.45, 7) is 0.497. The summed E-state index contributed by atoms with van der Waals surface area (Å²) in [6, 6.07) is 7.52. The van der Waals surface area contributed by atoms with Crippen LogP contribution in [-0.2, 0) is 16.0 Å². The van der Waals surface area contributed by atoms with E-state index in [2.05, 4.69) is 26.4 Å². The average Bonchev–Trinajstić information content (AvgIpc) is 2.83. The van der Waals surface area contributed by atoms with Gasteiger partial charge in [0.25, 0.3) is 0 Å². The van der Waals surface area contributed by atoms with Crippen LogP contribution in [0.4, 0.5) is 0 Å². The van der Waals surface area contributed by atoms with E-state index in [-0.39, 0.29) is 18.4 Å². The number of hydrogen-bond acceptors (Lipinski definition) is 4. The average molecular weight is 341 g/mol. The maximum Gasteiger partial charge on any atom is 0.226 e. The first-order chi connectivity index (χ1) is 9.74. The number of carbonyl (C=O) groups excluding carboxylic acids is 1. The Balaban J connectivity index is 2.00. The predicted molar refractivity (Wildman–Crippen MR) is 79.9 cm³/mol. The lowest BCUT2D eigenvalue weighted by atomic mass is 10.1. The number of halogens is 1. The summed E-state index contributed by atoms with van der Waals surface area (Å²) < 4.78 is 10.3. The van der Waals surface area contributed by atoms with Crippen LogP contribution >= 0.6 is 15.9 Å². The van der Waals surface area contributed by atoms with Crippen LogP contribution in [0.15, 0.2) is 28.8 Å². The molecule has 2 rings (SSSR count). The first-order valence-electron chi connectivity index (χ1n) is 6.42. The van der Waals surface area contributed by atoms with Gasteiger partial charge in [-0.2, -0.15) is 0 Å². The number of alkyl halides is 1. The fourth-order valence-corrected chi connectivity index (χ4v) is 2.58. The van der Waals surface area contributed by atoms with E-state index in [1.54, 1.807) is 7.11 Å². The Hall–Kier alpha value is -1.40. The molecule has 1 unspecified atom stereocenters. The van der Waals surface area contributed by atoms with E-state index in [9.17, 15) is 4.79 Å². The molecule has 0 aliphatic rings. The van der Waals surface area contributed by atoms with E-state index in [0.717, 1.165) is 17.1 Å². The molecule has 0 radical (unpaired) electrons. The largest absolute Gasteiger partial charge is 0.383 e. The Bertz CT molecular complexity index is 564. The highest BCUT2D eigenvalue weighted by molar-refractivity contribution is 9.09. The predicted octanol–water partition coefficient (Wildman–Crippen LogP) is 2.29. The number of nitrogens with zero attached hydrogens (tertiary/aromatic N) is 1. The van der Waals surface area contributed by atoms with Crippen molar-refractivity contribution < 1.29 is 14.1 Å². The van der Waals surface area contributed by atoms with Gasteiger partial charge in [-0.3, -0.25) is 4.79 Å². The Morgan fingerprint density at radius 1 is 1.50 bits per heavy atom. The highest BCUT2D eigenvalue weighted by Gasteiger charge is 2.15. The molecule has 1 heterocycles. The lowest BCUT2D eigenvalue weighted by Crippen LogP contribution is -2.39. The van der Waals surface area contributed by atoms with Crippen LogP contribution in [0.1, 0.15) is 12.1 Å². The molecule has 1 aromatic carbocycles. The van der Waals surface area contributed by atoms with Crippen LogP contribution in [0, 0.1) is 0 Å². The van der Waals surface area contributed by atoms with Crippen molar-refractivity contribution in [3.63, 3.8) is 0 Å². The number of rotatable bonds is 7. The zero-order chi connectivity index (χ0) is 14.4. The number of amides is 1. The van der Waals surface area contributed by atoms with Gasteiger partial charge >= 0.3 is 0 Å². The highest BCUT2D eigenvalue weighted by atomic mass is 79.9. The molecule has 0 saturated carbocycles. The van der Waals surface area contributed by atoms with Gasteiger partial charge < -0.3 is 14.6 Å². The van der Waals surface area contributed by atoms with Crippen LogP contribution in [0.2, 0.25) is 0 Å². The molecule has 20 heavy (non-hydrogen) atoms. The summed E-state index contributed by atoms with van der Waals surface area (Å²) in [7, 11) is 1.62. The zero-order valence-corrected chi connectivity index (χ0v) is 12.9. The number of fused-ring (bicyclic) bond motifs is 1. The number of aromatic nitrogens is 1. The van der Waals surface area contributed by atoms with Crippen LogP contribution < -0.4 is 5.32 Å². The molecule has 0 saturated heterocycles. The van der Waals surface area contributed by atoms with Crippen molar-refractivity contribution in [2.75, 3.05) is 19.0 Å². The fourth-order valence-electron chi connectivity index (χ4n) is 2.03. The summed E-state index contributed by atoms with van der Waals surface area (Å²) >= 11 is 3.37. The molecule has 6 heteroatoms. The third-order valence-corrected chi connectivity index (χ3v) is 3.43. The van der Waals surface area contributed by atoms with Gasteiger partial charge in [-0.05, 0) is 18.6 Å². The Morgan fingerprint density at radius 2 is 2.30 bits per heavy atom. The molecule has 1 amide bonds. The maximum atomic E-state index is 12.1. The summed E-state index contributed by atoms with van der Waals surface area (Å²) in [4.78, 5) is 12.1. The van der Waals surface area contributed by atoms with Crippen LogP contribution in [0.25, 0.3) is 11.0 Å². The van der Waals surface area contributed by atoms with Gasteiger partial charge in [0.1, 0.15) is 5.69 Å². The van der Waals surface area contributed by atoms with Gasteiger partial charge in [0.15, 0.2) is 5.58 Å². The first-order valence-corrected chi connectivity index (χ1v) is 7.54. The fraction of sp³-hybridized carbons (Fsp3) is 0.429. The van der Waals surface area contributed by atoms with E-state index in [0.29, 0.717) is 17.9 Å². The van der Waals surface area contributed by atoms with E-state index in [1.807, 2.05) is 24.3 Å². The van der Waals surface area contributed by atoms with Gasteiger partial charge in [0, 0.05) is 17.8 Å². The summed E-state index contributed by atoms with van der Waals surface area (Å²) in [5, 5.41) is 8.60. The van der Waals surface area contributed by atoms with Crippen molar-refractivity contribution in [3.05, 3.63) is 30.0 Å². The van der Waals surface area contributed by atoms with Crippen molar-refractivity contribution >= 4 is 32.8 Å². The van der Waals surface area contributed by atoms with Crippen LogP contribution in [0.5, 0.6) is 0 Å². The minimum Gasteiger partial charge on any atom is -0.383 e. The van der Waals surface area contributed by atoms with Crippen molar-refractivity contribution in [2.45, 2.75) is 18.9 Å². The molecular formula is C14H17BrN2O3.